The lowest BCUT2D eigenvalue weighted by Gasteiger charge is -2.33. The van der Waals surface area contributed by atoms with Gasteiger partial charge in [0.15, 0.2) is 17.6 Å². The van der Waals surface area contributed by atoms with Crippen LogP contribution in [-0.2, 0) is 16.6 Å². The molecule has 1 aliphatic rings. The standard InChI is InChI=1S/C21H20ClN5O3S/c1-13(27-16-5-3-4-6-17(16)30-11-19(27)29)20-24-25-21(26(20)2)31-12-18(28)23-15-9-7-14(22)8-10-15/h3-10,13H,11-12H2,1-2H3,(H,23,28)/t13-/m1/s1. The Labute approximate surface area is 188 Å². The number of nitrogens with zero attached hydrogens (tertiary/aromatic N) is 4. The van der Waals surface area contributed by atoms with Crippen LogP contribution in [-0.4, -0.2) is 38.9 Å². The fraction of sp³-hybridized carbons (Fsp3) is 0.238. The number of amides is 2. The molecule has 160 valence electrons. The van der Waals surface area contributed by atoms with Crippen molar-refractivity contribution in [3.05, 3.63) is 59.4 Å². The third-order valence-electron chi connectivity index (χ3n) is 4.83. The first-order chi connectivity index (χ1) is 14.9. The predicted molar refractivity (Wildman–Crippen MR) is 120 cm³/mol. The number of aromatic nitrogens is 3. The minimum atomic E-state index is -0.354. The maximum absolute atomic E-state index is 12.6. The van der Waals surface area contributed by atoms with Gasteiger partial charge in [-0.15, -0.1) is 10.2 Å². The topological polar surface area (TPSA) is 89.4 Å². The van der Waals surface area contributed by atoms with Crippen molar-refractivity contribution in [2.45, 2.75) is 18.1 Å². The molecule has 4 rings (SSSR count). The van der Waals surface area contributed by atoms with Crippen LogP contribution in [0.5, 0.6) is 5.75 Å². The van der Waals surface area contributed by atoms with Gasteiger partial charge >= 0.3 is 0 Å². The van der Waals surface area contributed by atoms with E-state index < -0.39 is 0 Å². The lowest BCUT2D eigenvalue weighted by atomic mass is 10.1. The first-order valence-corrected chi connectivity index (χ1v) is 10.9. The number of benzene rings is 2. The molecule has 8 nitrogen and oxygen atoms in total. The number of hydrogen-bond acceptors (Lipinski definition) is 6. The molecule has 0 fully saturated rings. The van der Waals surface area contributed by atoms with E-state index in [9.17, 15) is 9.59 Å². The lowest BCUT2D eigenvalue weighted by molar-refractivity contribution is -0.121. The molecule has 2 heterocycles. The van der Waals surface area contributed by atoms with Crippen LogP contribution in [0.3, 0.4) is 0 Å². The largest absolute Gasteiger partial charge is 0.482 e. The molecule has 1 N–H and O–H groups in total. The van der Waals surface area contributed by atoms with Crippen molar-refractivity contribution in [1.29, 1.82) is 0 Å². The molecule has 0 unspecified atom stereocenters. The molecule has 0 aliphatic carbocycles. The molecule has 31 heavy (non-hydrogen) atoms. The van der Waals surface area contributed by atoms with Gasteiger partial charge in [-0.25, -0.2) is 0 Å². The average molecular weight is 458 g/mol. The molecule has 10 heteroatoms. The van der Waals surface area contributed by atoms with Gasteiger partial charge in [-0.2, -0.15) is 0 Å². The Hall–Kier alpha value is -3.04. The first kappa shape index (κ1) is 21.2. The van der Waals surface area contributed by atoms with Crippen LogP contribution in [0.4, 0.5) is 11.4 Å². The Morgan fingerprint density at radius 2 is 1.97 bits per heavy atom. The van der Waals surface area contributed by atoms with E-state index in [2.05, 4.69) is 15.5 Å². The van der Waals surface area contributed by atoms with E-state index in [1.807, 2.05) is 38.2 Å². The molecular weight excluding hydrogens is 438 g/mol. The number of halogens is 1. The summed E-state index contributed by atoms with van der Waals surface area (Å²) in [5.74, 6) is 1.13. The van der Waals surface area contributed by atoms with E-state index in [1.165, 1.54) is 11.8 Å². The van der Waals surface area contributed by atoms with Crippen LogP contribution in [0.2, 0.25) is 5.02 Å². The quantitative estimate of drug-likeness (QED) is 0.568. The Morgan fingerprint density at radius 1 is 1.23 bits per heavy atom. The molecule has 0 radical (unpaired) electrons. The molecule has 2 aromatic carbocycles. The van der Waals surface area contributed by atoms with Gasteiger partial charge in [-0.05, 0) is 43.3 Å². The number of rotatable bonds is 6. The van der Waals surface area contributed by atoms with Crippen LogP contribution in [0.1, 0.15) is 18.8 Å². The summed E-state index contributed by atoms with van der Waals surface area (Å²) in [5.41, 5.74) is 1.37. The number of carbonyl (C=O) groups excluding carboxylic acids is 2. The van der Waals surface area contributed by atoms with E-state index in [0.29, 0.717) is 33.1 Å². The molecule has 0 spiro atoms. The number of hydrogen-bond donors (Lipinski definition) is 1. The van der Waals surface area contributed by atoms with E-state index in [1.54, 1.807) is 33.7 Å². The van der Waals surface area contributed by atoms with Crippen molar-refractivity contribution in [1.82, 2.24) is 14.8 Å². The fourth-order valence-electron chi connectivity index (χ4n) is 3.34. The van der Waals surface area contributed by atoms with Crippen LogP contribution >= 0.6 is 23.4 Å². The number of carbonyl (C=O) groups is 2. The zero-order valence-electron chi connectivity index (χ0n) is 16.9. The zero-order chi connectivity index (χ0) is 22.0. The van der Waals surface area contributed by atoms with Gasteiger partial charge in [0.1, 0.15) is 5.75 Å². The molecule has 2 amide bonds. The van der Waals surface area contributed by atoms with Crippen LogP contribution < -0.4 is 15.0 Å². The van der Waals surface area contributed by atoms with E-state index >= 15 is 0 Å². The van der Waals surface area contributed by atoms with Crippen molar-refractivity contribution in [2.24, 2.45) is 7.05 Å². The van der Waals surface area contributed by atoms with Crippen molar-refractivity contribution in [2.75, 3.05) is 22.6 Å². The summed E-state index contributed by atoms with van der Waals surface area (Å²) in [4.78, 5) is 26.5. The molecule has 3 aromatic rings. The van der Waals surface area contributed by atoms with Crippen molar-refractivity contribution in [3.63, 3.8) is 0 Å². The summed E-state index contributed by atoms with van der Waals surface area (Å²) >= 11 is 7.13. The fourth-order valence-corrected chi connectivity index (χ4v) is 4.18. The molecule has 1 aliphatic heterocycles. The van der Waals surface area contributed by atoms with Crippen molar-refractivity contribution < 1.29 is 14.3 Å². The first-order valence-electron chi connectivity index (χ1n) is 9.55. The van der Waals surface area contributed by atoms with Gasteiger partial charge in [-0.3, -0.25) is 14.5 Å². The Morgan fingerprint density at radius 3 is 2.74 bits per heavy atom. The monoisotopic (exact) mass is 457 g/mol. The summed E-state index contributed by atoms with van der Waals surface area (Å²) in [6.07, 6.45) is 0. The van der Waals surface area contributed by atoms with Crippen molar-refractivity contribution >= 4 is 46.6 Å². The van der Waals surface area contributed by atoms with Crippen LogP contribution in [0.25, 0.3) is 0 Å². The van der Waals surface area contributed by atoms with Gasteiger partial charge in [0.2, 0.25) is 5.91 Å². The van der Waals surface area contributed by atoms with E-state index in [0.717, 1.165) is 0 Å². The zero-order valence-corrected chi connectivity index (χ0v) is 18.5. The van der Waals surface area contributed by atoms with Crippen molar-refractivity contribution in [3.8, 4) is 5.75 Å². The summed E-state index contributed by atoms with van der Waals surface area (Å²) in [7, 11) is 1.82. The number of nitrogens with one attached hydrogen (secondary N) is 1. The maximum atomic E-state index is 12.6. The van der Waals surface area contributed by atoms with Gasteiger partial charge in [0.05, 0.1) is 17.5 Å². The number of thioether (sulfide) groups is 1. The summed E-state index contributed by atoms with van der Waals surface area (Å²) in [5, 5.41) is 12.5. The molecular formula is C21H20ClN5O3S. The van der Waals surface area contributed by atoms with Gasteiger partial charge < -0.3 is 14.6 Å². The molecule has 0 bridgehead atoms. The average Bonchev–Trinajstić information content (AvgIpc) is 3.14. The number of para-hydroxylation sites is 2. The third-order valence-corrected chi connectivity index (χ3v) is 6.11. The van der Waals surface area contributed by atoms with Crippen LogP contribution in [0.15, 0.2) is 53.7 Å². The maximum Gasteiger partial charge on any atom is 0.265 e. The van der Waals surface area contributed by atoms with E-state index in [4.69, 9.17) is 16.3 Å². The highest BCUT2D eigenvalue weighted by atomic mass is 35.5. The summed E-state index contributed by atoms with van der Waals surface area (Å²) in [6.45, 7) is 1.87. The smallest absolute Gasteiger partial charge is 0.265 e. The predicted octanol–water partition coefficient (Wildman–Crippen LogP) is 3.69. The molecule has 0 saturated heterocycles. The third kappa shape index (κ3) is 4.52. The SMILES string of the molecule is C[C@H](c1nnc(SCC(=O)Nc2ccc(Cl)cc2)n1C)N1C(=O)COc2ccccc21. The Bertz CT molecular complexity index is 1120. The minimum absolute atomic E-state index is 0.0221. The summed E-state index contributed by atoms with van der Waals surface area (Å²) in [6, 6.07) is 14.0. The van der Waals surface area contributed by atoms with Gasteiger partial charge in [0, 0.05) is 17.8 Å². The van der Waals surface area contributed by atoms with Crippen LogP contribution in [0, 0.1) is 0 Å². The van der Waals surface area contributed by atoms with Gasteiger partial charge in [0.25, 0.3) is 5.91 Å². The number of fused-ring (bicyclic) bond motifs is 1. The number of ether oxygens (including phenoxy) is 1. The number of anilines is 2. The molecule has 1 atom stereocenters. The highest BCUT2D eigenvalue weighted by molar-refractivity contribution is 7.99. The minimum Gasteiger partial charge on any atom is -0.482 e. The summed E-state index contributed by atoms with van der Waals surface area (Å²) < 4.78 is 7.32. The second kappa shape index (κ2) is 8.99. The Balaban J connectivity index is 1.45. The highest BCUT2D eigenvalue weighted by Gasteiger charge is 2.32. The highest BCUT2D eigenvalue weighted by Crippen LogP contribution is 2.37. The van der Waals surface area contributed by atoms with Gasteiger partial charge in [-0.1, -0.05) is 35.5 Å². The van der Waals surface area contributed by atoms with E-state index in [-0.39, 0.29) is 30.2 Å². The molecule has 0 saturated carbocycles. The Kier molecular flexibility index (Phi) is 6.15. The second-order valence-corrected chi connectivity index (χ2v) is 8.32. The normalized spacial score (nSPS) is 14.0. The lowest BCUT2D eigenvalue weighted by Crippen LogP contribution is -2.41. The molecule has 1 aromatic heterocycles. The second-order valence-electron chi connectivity index (χ2n) is 6.94.